The number of hydrogen-bond acceptors (Lipinski definition) is 3. The van der Waals surface area contributed by atoms with Gasteiger partial charge >= 0.3 is 5.97 Å². The molecule has 0 aromatic heterocycles. The van der Waals surface area contributed by atoms with E-state index in [4.69, 9.17) is 5.11 Å². The van der Waals surface area contributed by atoms with Crippen LogP contribution in [0.15, 0.2) is 0 Å². The van der Waals surface area contributed by atoms with Crippen molar-refractivity contribution in [2.75, 3.05) is 26.2 Å². The zero-order valence-corrected chi connectivity index (χ0v) is 13.8. The van der Waals surface area contributed by atoms with Crippen molar-refractivity contribution in [1.82, 2.24) is 9.80 Å². The average molecular weight is 310 g/mol. The highest BCUT2D eigenvalue weighted by atomic mass is 16.4. The van der Waals surface area contributed by atoms with Crippen molar-refractivity contribution < 1.29 is 14.7 Å². The summed E-state index contributed by atoms with van der Waals surface area (Å²) in [6.07, 6.45) is 9.77. The van der Waals surface area contributed by atoms with Crippen LogP contribution in [0.4, 0.5) is 0 Å². The Bertz CT molecular complexity index is 380. The first kappa shape index (κ1) is 17.3. The number of carbonyl (C=O) groups is 2. The van der Waals surface area contributed by atoms with E-state index in [0.717, 1.165) is 44.8 Å². The number of aliphatic carboxylic acids is 1. The molecule has 1 N–H and O–H groups in total. The van der Waals surface area contributed by atoms with Crippen LogP contribution >= 0.6 is 0 Å². The van der Waals surface area contributed by atoms with Gasteiger partial charge in [-0.2, -0.15) is 0 Å². The zero-order chi connectivity index (χ0) is 15.9. The quantitative estimate of drug-likeness (QED) is 0.818. The van der Waals surface area contributed by atoms with E-state index >= 15 is 0 Å². The third kappa shape index (κ3) is 5.27. The standard InChI is InChI=1S/C17H30N2O3/c1-14(20)19(13-17(21)22)16-7-4-10-18(12-9-16)11-8-15-5-2-3-6-15/h15-16H,2-13H2,1H3,(H,21,22)/t16-/m1/s1. The van der Waals surface area contributed by atoms with Gasteiger partial charge in [-0.1, -0.05) is 25.7 Å². The summed E-state index contributed by atoms with van der Waals surface area (Å²) in [6, 6.07) is 0.0880. The molecule has 0 unspecified atom stereocenters. The van der Waals surface area contributed by atoms with E-state index in [1.165, 1.54) is 39.0 Å². The normalized spacial score (nSPS) is 24.1. The number of likely N-dealkylation sites (tertiary alicyclic amines) is 1. The number of hydrogen-bond donors (Lipinski definition) is 1. The lowest BCUT2D eigenvalue weighted by molar-refractivity contribution is -0.145. The topological polar surface area (TPSA) is 60.9 Å². The van der Waals surface area contributed by atoms with Gasteiger partial charge in [0.1, 0.15) is 6.54 Å². The Morgan fingerprint density at radius 1 is 1.09 bits per heavy atom. The fourth-order valence-electron chi connectivity index (χ4n) is 3.98. The Labute approximate surface area is 133 Å². The Balaban J connectivity index is 1.79. The number of carboxylic acids is 1. The Morgan fingerprint density at radius 2 is 1.82 bits per heavy atom. The van der Waals surface area contributed by atoms with Crippen LogP contribution in [0.2, 0.25) is 0 Å². The average Bonchev–Trinajstić information content (AvgIpc) is 2.87. The molecule has 0 aromatic carbocycles. The molecule has 1 saturated carbocycles. The van der Waals surface area contributed by atoms with Gasteiger partial charge in [-0.05, 0) is 44.7 Å². The van der Waals surface area contributed by atoms with Gasteiger partial charge in [-0.25, -0.2) is 0 Å². The van der Waals surface area contributed by atoms with Gasteiger partial charge < -0.3 is 14.9 Å². The first-order chi connectivity index (χ1) is 10.6. The molecule has 0 bridgehead atoms. The van der Waals surface area contributed by atoms with Gasteiger partial charge in [0.25, 0.3) is 0 Å². The van der Waals surface area contributed by atoms with E-state index in [1.54, 1.807) is 4.90 Å². The zero-order valence-electron chi connectivity index (χ0n) is 13.8. The maximum Gasteiger partial charge on any atom is 0.323 e. The van der Waals surface area contributed by atoms with Crippen LogP contribution in [0.1, 0.15) is 58.3 Å². The van der Waals surface area contributed by atoms with Gasteiger partial charge in [0.05, 0.1) is 0 Å². The van der Waals surface area contributed by atoms with Gasteiger partial charge in [-0.3, -0.25) is 9.59 Å². The number of carbonyl (C=O) groups excluding carboxylic acids is 1. The fraction of sp³-hybridized carbons (Fsp3) is 0.882. The summed E-state index contributed by atoms with van der Waals surface area (Å²) in [7, 11) is 0. The van der Waals surface area contributed by atoms with Gasteiger partial charge in [-0.15, -0.1) is 0 Å². The van der Waals surface area contributed by atoms with Crippen LogP contribution in [-0.4, -0.2) is 59.0 Å². The summed E-state index contributed by atoms with van der Waals surface area (Å²) < 4.78 is 0. The Hall–Kier alpha value is -1.10. The molecule has 1 amide bonds. The lowest BCUT2D eigenvalue weighted by atomic mass is 10.0. The SMILES string of the molecule is CC(=O)N(CC(=O)O)[C@@H]1CCCN(CCC2CCCC2)CC1. The largest absolute Gasteiger partial charge is 0.480 e. The van der Waals surface area contributed by atoms with Crippen molar-refractivity contribution in [3.8, 4) is 0 Å². The summed E-state index contributed by atoms with van der Waals surface area (Å²) in [6.45, 7) is 4.55. The molecule has 22 heavy (non-hydrogen) atoms. The van der Waals surface area contributed by atoms with E-state index in [1.807, 2.05) is 0 Å². The van der Waals surface area contributed by atoms with Crippen LogP contribution in [0.25, 0.3) is 0 Å². The maximum absolute atomic E-state index is 11.7. The minimum atomic E-state index is -0.919. The van der Waals surface area contributed by atoms with Gasteiger partial charge in [0.2, 0.25) is 5.91 Å². The molecular weight excluding hydrogens is 280 g/mol. The van der Waals surface area contributed by atoms with Crippen molar-refractivity contribution in [2.24, 2.45) is 5.92 Å². The predicted octanol–water partition coefficient (Wildman–Crippen LogP) is 2.35. The number of nitrogens with zero attached hydrogens (tertiary/aromatic N) is 2. The summed E-state index contributed by atoms with van der Waals surface area (Å²) in [5, 5.41) is 8.99. The lowest BCUT2D eigenvalue weighted by Crippen LogP contribution is -2.42. The molecule has 1 aliphatic carbocycles. The maximum atomic E-state index is 11.7. The van der Waals surface area contributed by atoms with Gasteiger partial charge in [0.15, 0.2) is 0 Å². The summed E-state index contributed by atoms with van der Waals surface area (Å²) in [4.78, 5) is 26.7. The molecule has 126 valence electrons. The van der Waals surface area contributed by atoms with Crippen LogP contribution in [0, 0.1) is 5.92 Å². The molecule has 1 aliphatic heterocycles. The van der Waals surface area contributed by atoms with Crippen LogP contribution in [-0.2, 0) is 9.59 Å². The van der Waals surface area contributed by atoms with E-state index in [2.05, 4.69) is 4.90 Å². The van der Waals surface area contributed by atoms with Crippen molar-refractivity contribution in [3.63, 3.8) is 0 Å². The summed E-state index contributed by atoms with van der Waals surface area (Å²) in [5.74, 6) is -0.121. The third-order valence-electron chi connectivity index (χ3n) is 5.27. The smallest absolute Gasteiger partial charge is 0.323 e. The molecule has 1 heterocycles. The molecule has 5 nitrogen and oxygen atoms in total. The molecule has 0 aromatic rings. The van der Waals surface area contributed by atoms with Crippen molar-refractivity contribution in [2.45, 2.75) is 64.3 Å². The Kier molecular flexibility index (Phi) is 6.68. The minimum absolute atomic E-state index is 0.0880. The molecule has 2 rings (SSSR count). The van der Waals surface area contributed by atoms with E-state index in [-0.39, 0.29) is 18.5 Å². The molecule has 2 fully saturated rings. The second-order valence-corrected chi connectivity index (χ2v) is 6.91. The highest BCUT2D eigenvalue weighted by Crippen LogP contribution is 2.28. The molecule has 1 atom stereocenters. The first-order valence-corrected chi connectivity index (χ1v) is 8.77. The number of amides is 1. The Morgan fingerprint density at radius 3 is 2.45 bits per heavy atom. The van der Waals surface area contributed by atoms with E-state index in [0.29, 0.717) is 0 Å². The predicted molar refractivity (Wildman–Crippen MR) is 85.7 cm³/mol. The number of rotatable bonds is 6. The summed E-state index contributed by atoms with van der Waals surface area (Å²) in [5.41, 5.74) is 0. The van der Waals surface area contributed by atoms with Crippen molar-refractivity contribution >= 4 is 11.9 Å². The molecule has 0 radical (unpaired) electrons. The van der Waals surface area contributed by atoms with E-state index < -0.39 is 5.97 Å². The minimum Gasteiger partial charge on any atom is -0.480 e. The summed E-state index contributed by atoms with van der Waals surface area (Å²) >= 11 is 0. The lowest BCUT2D eigenvalue weighted by Gasteiger charge is -2.29. The molecule has 5 heteroatoms. The molecule has 1 saturated heterocycles. The van der Waals surface area contributed by atoms with E-state index in [9.17, 15) is 9.59 Å². The molecule has 2 aliphatic rings. The van der Waals surface area contributed by atoms with Crippen LogP contribution in [0.3, 0.4) is 0 Å². The molecule has 0 spiro atoms. The van der Waals surface area contributed by atoms with Crippen LogP contribution in [0.5, 0.6) is 0 Å². The molecular formula is C17H30N2O3. The van der Waals surface area contributed by atoms with Crippen molar-refractivity contribution in [3.05, 3.63) is 0 Å². The van der Waals surface area contributed by atoms with Crippen LogP contribution < -0.4 is 0 Å². The fourth-order valence-corrected chi connectivity index (χ4v) is 3.98. The van der Waals surface area contributed by atoms with Crippen molar-refractivity contribution in [1.29, 1.82) is 0 Å². The second kappa shape index (κ2) is 8.51. The highest BCUT2D eigenvalue weighted by molar-refractivity contribution is 5.79. The second-order valence-electron chi connectivity index (χ2n) is 6.91. The number of carboxylic acid groups (broad SMARTS) is 1. The third-order valence-corrected chi connectivity index (χ3v) is 5.27. The first-order valence-electron chi connectivity index (χ1n) is 8.77. The monoisotopic (exact) mass is 310 g/mol. The van der Waals surface area contributed by atoms with Gasteiger partial charge in [0, 0.05) is 19.5 Å². The highest BCUT2D eigenvalue weighted by Gasteiger charge is 2.26.